The van der Waals surface area contributed by atoms with Crippen molar-refractivity contribution in [1.82, 2.24) is 9.97 Å². The van der Waals surface area contributed by atoms with E-state index in [-0.39, 0.29) is 0 Å². The molecule has 0 aliphatic heterocycles. The molecule has 0 amide bonds. The van der Waals surface area contributed by atoms with Gasteiger partial charge in [0.25, 0.3) is 0 Å². The molecule has 3 rings (SSSR count). The number of aromatic nitrogens is 2. The van der Waals surface area contributed by atoms with Crippen LogP contribution in [0.4, 0.5) is 17.5 Å². The van der Waals surface area contributed by atoms with Gasteiger partial charge < -0.3 is 20.5 Å². The third-order valence-electron chi connectivity index (χ3n) is 3.71. The van der Waals surface area contributed by atoms with Crippen LogP contribution in [0.3, 0.4) is 0 Å². The summed E-state index contributed by atoms with van der Waals surface area (Å²) in [7, 11) is 1.60. The molecule has 1 atom stereocenters. The van der Waals surface area contributed by atoms with Gasteiger partial charge in [-0.25, -0.2) is 4.98 Å². The molecule has 26 heavy (non-hydrogen) atoms. The van der Waals surface area contributed by atoms with Gasteiger partial charge in [-0.3, -0.25) is 0 Å². The number of nitrogens with zero attached hydrogens (tertiary/aromatic N) is 2. The fraction of sp³-hybridized carbons (Fsp3) is 0.158. The molecule has 0 bridgehead atoms. The molecular formula is C19H19ClN4O2. The quantitative estimate of drug-likeness (QED) is 0.582. The molecule has 0 spiro atoms. The molecule has 7 heteroatoms. The second-order valence-electron chi connectivity index (χ2n) is 5.57. The lowest BCUT2D eigenvalue weighted by molar-refractivity contribution is 0.191. The van der Waals surface area contributed by atoms with Crippen molar-refractivity contribution in [3.8, 4) is 5.75 Å². The number of rotatable bonds is 7. The van der Waals surface area contributed by atoms with Crippen molar-refractivity contribution in [2.24, 2.45) is 0 Å². The van der Waals surface area contributed by atoms with Gasteiger partial charge in [0.1, 0.15) is 11.6 Å². The van der Waals surface area contributed by atoms with Crippen LogP contribution in [0.15, 0.2) is 60.8 Å². The van der Waals surface area contributed by atoms with Gasteiger partial charge in [0, 0.05) is 23.5 Å². The Morgan fingerprint density at radius 2 is 1.96 bits per heavy atom. The van der Waals surface area contributed by atoms with Crippen molar-refractivity contribution in [3.05, 3.63) is 71.4 Å². The number of anilines is 3. The van der Waals surface area contributed by atoms with Gasteiger partial charge in [0.05, 0.1) is 13.2 Å². The molecule has 0 aliphatic carbocycles. The molecular weight excluding hydrogens is 352 g/mol. The minimum absolute atomic E-state index is 0.310. The van der Waals surface area contributed by atoms with Gasteiger partial charge in [-0.1, -0.05) is 23.7 Å². The highest BCUT2D eigenvalue weighted by atomic mass is 35.5. The van der Waals surface area contributed by atoms with Crippen molar-refractivity contribution < 1.29 is 9.84 Å². The van der Waals surface area contributed by atoms with Crippen molar-refractivity contribution in [2.75, 3.05) is 24.3 Å². The van der Waals surface area contributed by atoms with Gasteiger partial charge >= 0.3 is 0 Å². The number of hydrogen-bond acceptors (Lipinski definition) is 6. The predicted molar refractivity (Wildman–Crippen MR) is 103 cm³/mol. The van der Waals surface area contributed by atoms with E-state index in [1.54, 1.807) is 37.6 Å². The molecule has 0 fully saturated rings. The average Bonchev–Trinajstić information content (AvgIpc) is 2.68. The number of benzene rings is 2. The smallest absolute Gasteiger partial charge is 0.229 e. The Bertz CT molecular complexity index is 858. The third kappa shape index (κ3) is 4.84. The largest absolute Gasteiger partial charge is 0.497 e. The van der Waals surface area contributed by atoms with Crippen LogP contribution >= 0.6 is 11.6 Å². The monoisotopic (exact) mass is 370 g/mol. The first-order valence-electron chi connectivity index (χ1n) is 8.05. The van der Waals surface area contributed by atoms with Crippen molar-refractivity contribution >= 4 is 29.1 Å². The number of hydrogen-bond donors (Lipinski definition) is 3. The molecule has 0 saturated heterocycles. The van der Waals surface area contributed by atoms with E-state index >= 15 is 0 Å². The SMILES string of the molecule is COc1cccc(C(O)CNc2ccnc(Nc3ccc(Cl)cc3)n2)c1. The maximum atomic E-state index is 10.3. The summed E-state index contributed by atoms with van der Waals surface area (Å²) in [5.74, 6) is 1.77. The van der Waals surface area contributed by atoms with E-state index in [4.69, 9.17) is 16.3 Å². The fourth-order valence-electron chi connectivity index (χ4n) is 2.35. The van der Waals surface area contributed by atoms with Crippen LogP contribution in [0, 0.1) is 0 Å². The molecule has 6 nitrogen and oxygen atoms in total. The van der Waals surface area contributed by atoms with E-state index in [0.29, 0.717) is 29.1 Å². The highest BCUT2D eigenvalue weighted by Crippen LogP contribution is 2.20. The Hall–Kier alpha value is -2.83. The second-order valence-corrected chi connectivity index (χ2v) is 6.01. The minimum atomic E-state index is -0.687. The summed E-state index contributed by atoms with van der Waals surface area (Å²) >= 11 is 5.88. The lowest BCUT2D eigenvalue weighted by atomic mass is 10.1. The first-order chi connectivity index (χ1) is 12.6. The third-order valence-corrected chi connectivity index (χ3v) is 3.96. The standard InChI is InChI=1S/C19H19ClN4O2/c1-26-16-4-2-3-13(11-16)17(25)12-22-18-9-10-21-19(24-18)23-15-7-5-14(20)6-8-15/h2-11,17,25H,12H2,1H3,(H2,21,22,23,24). The predicted octanol–water partition coefficient (Wildman–Crippen LogP) is 4.03. The van der Waals surface area contributed by atoms with Crippen molar-refractivity contribution in [3.63, 3.8) is 0 Å². The fourth-order valence-corrected chi connectivity index (χ4v) is 2.47. The zero-order valence-corrected chi connectivity index (χ0v) is 14.9. The number of aliphatic hydroxyl groups is 1. The Balaban J connectivity index is 1.62. The minimum Gasteiger partial charge on any atom is -0.497 e. The summed E-state index contributed by atoms with van der Waals surface area (Å²) in [4.78, 5) is 8.58. The van der Waals surface area contributed by atoms with Gasteiger partial charge in [-0.05, 0) is 48.0 Å². The molecule has 0 radical (unpaired) electrons. The number of aliphatic hydroxyl groups excluding tert-OH is 1. The summed E-state index contributed by atoms with van der Waals surface area (Å²) in [6.07, 6.45) is 0.957. The first-order valence-corrected chi connectivity index (χ1v) is 8.43. The van der Waals surface area contributed by atoms with E-state index in [9.17, 15) is 5.11 Å². The van der Waals surface area contributed by atoms with Gasteiger partial charge in [-0.15, -0.1) is 0 Å². The molecule has 3 aromatic rings. The molecule has 0 aliphatic rings. The molecule has 2 aromatic carbocycles. The molecule has 0 saturated carbocycles. The molecule has 1 heterocycles. The summed E-state index contributed by atoms with van der Waals surface area (Å²) in [5, 5.41) is 17.2. The Morgan fingerprint density at radius 3 is 2.73 bits per heavy atom. The lowest BCUT2D eigenvalue weighted by Gasteiger charge is -2.14. The van der Waals surface area contributed by atoms with Crippen molar-refractivity contribution in [1.29, 1.82) is 0 Å². The molecule has 1 unspecified atom stereocenters. The number of ether oxygens (including phenoxy) is 1. The zero-order valence-electron chi connectivity index (χ0n) is 14.2. The van der Waals surface area contributed by atoms with E-state index in [2.05, 4.69) is 20.6 Å². The van der Waals surface area contributed by atoms with Crippen LogP contribution < -0.4 is 15.4 Å². The number of halogens is 1. The maximum Gasteiger partial charge on any atom is 0.229 e. The van der Waals surface area contributed by atoms with Crippen LogP contribution in [0.5, 0.6) is 5.75 Å². The maximum absolute atomic E-state index is 10.3. The topological polar surface area (TPSA) is 79.3 Å². The van der Waals surface area contributed by atoms with Crippen LogP contribution in [-0.4, -0.2) is 28.7 Å². The summed E-state index contributed by atoms with van der Waals surface area (Å²) < 4.78 is 5.18. The Kier molecular flexibility index (Phi) is 5.88. The Labute approximate surface area is 156 Å². The number of nitrogens with one attached hydrogen (secondary N) is 2. The van der Waals surface area contributed by atoms with Gasteiger partial charge in [0.15, 0.2) is 0 Å². The van der Waals surface area contributed by atoms with Crippen LogP contribution in [0.2, 0.25) is 5.02 Å². The summed E-state index contributed by atoms with van der Waals surface area (Å²) in [6, 6.07) is 16.3. The van der Waals surface area contributed by atoms with E-state index in [1.165, 1.54) is 0 Å². The first kappa shape index (κ1) is 18.0. The van der Waals surface area contributed by atoms with Crippen LogP contribution in [0.25, 0.3) is 0 Å². The molecule has 134 valence electrons. The highest BCUT2D eigenvalue weighted by Gasteiger charge is 2.09. The van der Waals surface area contributed by atoms with Gasteiger partial charge in [-0.2, -0.15) is 4.98 Å². The van der Waals surface area contributed by atoms with Crippen molar-refractivity contribution in [2.45, 2.75) is 6.10 Å². The summed E-state index contributed by atoms with van der Waals surface area (Å²) in [6.45, 7) is 0.310. The van der Waals surface area contributed by atoms with Gasteiger partial charge in [0.2, 0.25) is 5.95 Å². The number of methoxy groups -OCH3 is 1. The van der Waals surface area contributed by atoms with E-state index < -0.39 is 6.10 Å². The van der Waals surface area contributed by atoms with Crippen LogP contribution in [0.1, 0.15) is 11.7 Å². The Morgan fingerprint density at radius 1 is 1.15 bits per heavy atom. The van der Waals surface area contributed by atoms with Crippen LogP contribution in [-0.2, 0) is 0 Å². The van der Waals surface area contributed by atoms with E-state index in [0.717, 1.165) is 11.3 Å². The normalized spacial score (nSPS) is 11.7. The molecule has 3 N–H and O–H groups in total. The highest BCUT2D eigenvalue weighted by molar-refractivity contribution is 6.30. The molecule has 1 aromatic heterocycles. The second kappa shape index (κ2) is 8.51. The summed E-state index contributed by atoms with van der Waals surface area (Å²) in [5.41, 5.74) is 1.60. The lowest BCUT2D eigenvalue weighted by Crippen LogP contribution is -2.13. The van der Waals surface area contributed by atoms with E-state index in [1.807, 2.05) is 30.3 Å². The zero-order chi connectivity index (χ0) is 18.4. The average molecular weight is 371 g/mol.